The quantitative estimate of drug-likeness (QED) is 0.506. The van der Waals surface area contributed by atoms with Gasteiger partial charge in [0.05, 0.1) is 12.1 Å². The van der Waals surface area contributed by atoms with Crippen LogP contribution < -0.4 is 5.32 Å². The van der Waals surface area contributed by atoms with Crippen molar-refractivity contribution in [2.24, 2.45) is 0 Å². The highest BCUT2D eigenvalue weighted by atomic mass is 32.1. The van der Waals surface area contributed by atoms with Gasteiger partial charge in [0.15, 0.2) is 5.11 Å². The van der Waals surface area contributed by atoms with Crippen LogP contribution in [0, 0.1) is 0 Å². The maximum absolute atomic E-state index is 11.9. The van der Waals surface area contributed by atoms with Gasteiger partial charge in [-0.1, -0.05) is 91.0 Å². The van der Waals surface area contributed by atoms with E-state index < -0.39 is 0 Å². The Morgan fingerprint density at radius 2 is 1.24 bits per heavy atom. The molecule has 0 amide bonds. The SMILES string of the molecule is CC(=O)C[C@@H](NC(=S)N1CCN(C(c2ccccc2)c2ccccc2)CC1)c1ccccc1. The first-order valence-corrected chi connectivity index (χ1v) is 12.0. The zero-order chi connectivity index (χ0) is 23.0. The minimum absolute atomic E-state index is 0.101. The molecule has 0 saturated carbocycles. The first-order chi connectivity index (χ1) is 16.1. The van der Waals surface area contributed by atoms with Crippen LogP contribution in [0.25, 0.3) is 0 Å². The van der Waals surface area contributed by atoms with E-state index in [1.54, 1.807) is 6.92 Å². The second-order valence-corrected chi connectivity index (χ2v) is 8.95. The van der Waals surface area contributed by atoms with Gasteiger partial charge in [0.25, 0.3) is 0 Å². The number of carbonyl (C=O) groups excluding carboxylic acids is 1. The summed E-state index contributed by atoms with van der Waals surface area (Å²) < 4.78 is 0. The molecule has 0 aliphatic carbocycles. The lowest BCUT2D eigenvalue weighted by atomic mass is 9.96. The summed E-state index contributed by atoms with van der Waals surface area (Å²) in [6.07, 6.45) is 0.425. The Balaban J connectivity index is 1.43. The number of piperazine rings is 1. The van der Waals surface area contributed by atoms with Gasteiger partial charge in [-0.3, -0.25) is 9.69 Å². The predicted molar refractivity (Wildman–Crippen MR) is 138 cm³/mol. The van der Waals surface area contributed by atoms with Gasteiger partial charge in [-0.05, 0) is 35.8 Å². The molecular weight excluding hydrogens is 426 g/mol. The molecule has 1 fully saturated rings. The minimum Gasteiger partial charge on any atom is -0.355 e. The summed E-state index contributed by atoms with van der Waals surface area (Å²) in [4.78, 5) is 16.6. The molecule has 1 atom stereocenters. The summed E-state index contributed by atoms with van der Waals surface area (Å²) in [5.41, 5.74) is 3.70. The number of nitrogens with one attached hydrogen (secondary N) is 1. The van der Waals surface area contributed by atoms with Gasteiger partial charge in [-0.2, -0.15) is 0 Å². The first-order valence-electron chi connectivity index (χ1n) is 11.6. The molecule has 1 aliphatic heterocycles. The number of rotatable bonds is 7. The van der Waals surface area contributed by atoms with E-state index in [1.807, 2.05) is 30.3 Å². The molecule has 33 heavy (non-hydrogen) atoms. The fourth-order valence-corrected chi connectivity index (χ4v) is 4.86. The maximum atomic E-state index is 11.9. The van der Waals surface area contributed by atoms with E-state index in [0.29, 0.717) is 6.42 Å². The Kier molecular flexibility index (Phi) is 7.87. The normalized spacial score (nSPS) is 15.3. The monoisotopic (exact) mass is 457 g/mol. The molecule has 0 aromatic heterocycles. The van der Waals surface area contributed by atoms with Crippen molar-refractivity contribution >= 4 is 23.1 Å². The summed E-state index contributed by atoms with van der Waals surface area (Å²) >= 11 is 5.78. The summed E-state index contributed by atoms with van der Waals surface area (Å²) in [7, 11) is 0. The lowest BCUT2D eigenvalue weighted by molar-refractivity contribution is -0.117. The average molecular weight is 458 g/mol. The summed E-state index contributed by atoms with van der Waals surface area (Å²) in [5.74, 6) is 0.150. The van der Waals surface area contributed by atoms with Gasteiger partial charge < -0.3 is 10.2 Å². The molecule has 4 nitrogen and oxygen atoms in total. The van der Waals surface area contributed by atoms with E-state index in [2.05, 4.69) is 75.8 Å². The highest BCUT2D eigenvalue weighted by Gasteiger charge is 2.28. The van der Waals surface area contributed by atoms with E-state index in [1.165, 1.54) is 11.1 Å². The third kappa shape index (κ3) is 6.06. The molecule has 0 spiro atoms. The number of ketones is 1. The van der Waals surface area contributed by atoms with E-state index in [4.69, 9.17) is 12.2 Å². The van der Waals surface area contributed by atoms with Crippen molar-refractivity contribution in [1.29, 1.82) is 0 Å². The topological polar surface area (TPSA) is 35.6 Å². The molecule has 3 aromatic carbocycles. The summed E-state index contributed by atoms with van der Waals surface area (Å²) in [5, 5.41) is 4.18. The fourth-order valence-electron chi connectivity index (χ4n) is 4.53. The van der Waals surface area contributed by atoms with Crippen molar-refractivity contribution in [3.05, 3.63) is 108 Å². The molecule has 0 bridgehead atoms. The molecule has 1 N–H and O–H groups in total. The predicted octanol–water partition coefficient (Wildman–Crippen LogP) is 4.99. The van der Waals surface area contributed by atoms with Gasteiger partial charge in [-0.25, -0.2) is 0 Å². The fraction of sp³-hybridized carbons (Fsp3) is 0.286. The van der Waals surface area contributed by atoms with Crippen molar-refractivity contribution in [2.75, 3.05) is 26.2 Å². The first kappa shape index (κ1) is 23.1. The lowest BCUT2D eigenvalue weighted by Crippen LogP contribution is -2.53. The van der Waals surface area contributed by atoms with E-state index in [0.717, 1.165) is 36.9 Å². The number of nitrogens with zero attached hydrogens (tertiary/aromatic N) is 2. The minimum atomic E-state index is -0.101. The van der Waals surface area contributed by atoms with Gasteiger partial charge in [-0.15, -0.1) is 0 Å². The number of carbonyl (C=O) groups is 1. The smallest absolute Gasteiger partial charge is 0.169 e. The Morgan fingerprint density at radius 1 is 0.788 bits per heavy atom. The number of thiocarbonyl (C=S) groups is 1. The van der Waals surface area contributed by atoms with Gasteiger partial charge in [0, 0.05) is 32.6 Å². The maximum Gasteiger partial charge on any atom is 0.169 e. The van der Waals surface area contributed by atoms with Crippen LogP contribution in [-0.4, -0.2) is 46.9 Å². The largest absolute Gasteiger partial charge is 0.355 e. The average Bonchev–Trinajstić information content (AvgIpc) is 2.86. The van der Waals surface area contributed by atoms with Crippen LogP contribution in [0.1, 0.15) is 42.1 Å². The molecule has 0 unspecified atom stereocenters. The van der Waals surface area contributed by atoms with Gasteiger partial charge in [0.2, 0.25) is 0 Å². The van der Waals surface area contributed by atoms with E-state index in [-0.39, 0.29) is 17.9 Å². The standard InChI is InChI=1S/C28H31N3OS/c1-22(32)21-26(23-11-5-2-6-12-23)29-28(33)31-19-17-30(18-20-31)27(24-13-7-3-8-14-24)25-15-9-4-10-16-25/h2-16,26-27H,17-21H2,1H3,(H,29,33)/t26-/m1/s1. The molecule has 0 radical (unpaired) electrons. The molecule has 1 aliphatic rings. The van der Waals surface area contributed by atoms with Crippen LogP contribution in [0.3, 0.4) is 0 Å². The second-order valence-electron chi connectivity index (χ2n) is 8.57. The molecule has 5 heteroatoms. The van der Waals surface area contributed by atoms with Crippen LogP contribution in [0.4, 0.5) is 0 Å². The van der Waals surface area contributed by atoms with Crippen LogP contribution in [0.15, 0.2) is 91.0 Å². The Bertz CT molecular complexity index is 995. The van der Waals surface area contributed by atoms with Crippen molar-refractivity contribution in [2.45, 2.75) is 25.4 Å². The van der Waals surface area contributed by atoms with Crippen molar-refractivity contribution in [3.8, 4) is 0 Å². The van der Waals surface area contributed by atoms with Crippen LogP contribution in [-0.2, 0) is 4.79 Å². The molecule has 1 heterocycles. The third-order valence-corrected chi connectivity index (χ3v) is 6.56. The highest BCUT2D eigenvalue weighted by Crippen LogP contribution is 2.29. The molecule has 170 valence electrons. The third-order valence-electron chi connectivity index (χ3n) is 6.19. The summed E-state index contributed by atoms with van der Waals surface area (Å²) in [6, 6.07) is 31.6. The number of hydrogen-bond acceptors (Lipinski definition) is 3. The number of benzene rings is 3. The molecule has 4 rings (SSSR count). The van der Waals surface area contributed by atoms with Gasteiger partial charge in [0.1, 0.15) is 5.78 Å². The van der Waals surface area contributed by atoms with E-state index in [9.17, 15) is 4.79 Å². The van der Waals surface area contributed by atoms with Crippen molar-refractivity contribution < 1.29 is 4.79 Å². The van der Waals surface area contributed by atoms with Gasteiger partial charge >= 0.3 is 0 Å². The zero-order valence-corrected chi connectivity index (χ0v) is 19.9. The molecular formula is C28H31N3OS. The van der Waals surface area contributed by atoms with E-state index >= 15 is 0 Å². The van der Waals surface area contributed by atoms with Crippen LogP contribution >= 0.6 is 12.2 Å². The summed E-state index contributed by atoms with van der Waals surface area (Å²) in [6.45, 7) is 5.16. The molecule has 1 saturated heterocycles. The number of Topliss-reactive ketones (excluding diaryl/α,β-unsaturated/α-hetero) is 1. The Labute approximate surface area is 202 Å². The Hall–Kier alpha value is -3.02. The van der Waals surface area contributed by atoms with Crippen LogP contribution in [0.2, 0.25) is 0 Å². The second kappa shape index (κ2) is 11.2. The Morgan fingerprint density at radius 3 is 1.70 bits per heavy atom. The number of hydrogen-bond donors (Lipinski definition) is 1. The van der Waals surface area contributed by atoms with Crippen LogP contribution in [0.5, 0.6) is 0 Å². The highest BCUT2D eigenvalue weighted by molar-refractivity contribution is 7.80. The molecule has 3 aromatic rings. The van der Waals surface area contributed by atoms with Crippen molar-refractivity contribution in [1.82, 2.24) is 15.1 Å². The lowest BCUT2D eigenvalue weighted by Gasteiger charge is -2.41. The zero-order valence-electron chi connectivity index (χ0n) is 19.1. The van der Waals surface area contributed by atoms with Crippen molar-refractivity contribution in [3.63, 3.8) is 0 Å².